The first-order chi connectivity index (χ1) is 11.2. The highest BCUT2D eigenvalue weighted by molar-refractivity contribution is 5.89. The number of rotatable bonds is 3. The number of nitrogens with zero attached hydrogens (tertiary/aromatic N) is 1. The van der Waals surface area contributed by atoms with Crippen molar-refractivity contribution >= 4 is 22.9 Å². The van der Waals surface area contributed by atoms with Crippen LogP contribution >= 0.6 is 0 Å². The summed E-state index contributed by atoms with van der Waals surface area (Å²) >= 11 is 0. The number of aryl methyl sites for hydroxylation is 1. The fraction of sp³-hybridized carbons (Fsp3) is 0.100. The number of carbonyl (C=O) groups is 1. The van der Waals surface area contributed by atoms with Crippen molar-refractivity contribution in [1.82, 2.24) is 4.98 Å². The van der Waals surface area contributed by atoms with E-state index in [1.54, 1.807) is 12.3 Å². The summed E-state index contributed by atoms with van der Waals surface area (Å²) in [6.45, 7) is 2.10. The number of pyridine rings is 1. The van der Waals surface area contributed by atoms with Crippen molar-refractivity contribution < 1.29 is 9.53 Å². The van der Waals surface area contributed by atoms with E-state index in [9.17, 15) is 4.79 Å². The lowest BCUT2D eigenvalue weighted by Gasteiger charge is -2.07. The molecule has 0 saturated heterocycles. The van der Waals surface area contributed by atoms with E-state index < -0.39 is 0 Å². The predicted molar refractivity (Wildman–Crippen MR) is 93.0 cm³/mol. The van der Waals surface area contributed by atoms with Gasteiger partial charge < -0.3 is 4.74 Å². The SMILES string of the molecule is COC(=O)/C=C/c1cnc2ccc(-c3ccccc3C)cc2c1. The summed E-state index contributed by atoms with van der Waals surface area (Å²) in [5.41, 5.74) is 5.40. The lowest BCUT2D eigenvalue weighted by Crippen LogP contribution is -1.93. The van der Waals surface area contributed by atoms with Crippen LogP contribution in [0.5, 0.6) is 0 Å². The standard InChI is InChI=1S/C20H17NO2/c1-14-5-3-4-6-18(14)16-8-9-19-17(12-16)11-15(13-21-19)7-10-20(22)23-2/h3-13H,1-2H3/b10-7+. The third kappa shape index (κ3) is 3.29. The van der Waals surface area contributed by atoms with Crippen molar-refractivity contribution in [1.29, 1.82) is 0 Å². The number of fused-ring (bicyclic) bond motifs is 1. The molecular formula is C20H17NO2. The molecule has 0 atom stereocenters. The van der Waals surface area contributed by atoms with Crippen molar-refractivity contribution in [2.75, 3.05) is 7.11 Å². The Labute approximate surface area is 135 Å². The Bertz CT molecular complexity index is 897. The largest absolute Gasteiger partial charge is 0.466 e. The maximum Gasteiger partial charge on any atom is 0.330 e. The van der Waals surface area contributed by atoms with Gasteiger partial charge in [-0.05, 0) is 53.5 Å². The zero-order chi connectivity index (χ0) is 16.2. The van der Waals surface area contributed by atoms with Gasteiger partial charge in [0.2, 0.25) is 0 Å². The first-order valence-electron chi connectivity index (χ1n) is 7.39. The van der Waals surface area contributed by atoms with Crippen LogP contribution in [0.1, 0.15) is 11.1 Å². The molecule has 2 aromatic carbocycles. The molecule has 1 heterocycles. The van der Waals surface area contributed by atoms with Crippen molar-refractivity contribution in [2.24, 2.45) is 0 Å². The van der Waals surface area contributed by atoms with Gasteiger partial charge in [-0.25, -0.2) is 4.79 Å². The molecule has 3 heteroatoms. The van der Waals surface area contributed by atoms with E-state index in [4.69, 9.17) is 0 Å². The van der Waals surface area contributed by atoms with E-state index in [2.05, 4.69) is 40.9 Å². The van der Waals surface area contributed by atoms with Crippen LogP contribution in [-0.4, -0.2) is 18.1 Å². The number of benzene rings is 2. The Hall–Kier alpha value is -2.94. The second-order valence-electron chi connectivity index (χ2n) is 5.35. The molecule has 3 aromatic rings. The molecule has 114 valence electrons. The van der Waals surface area contributed by atoms with Gasteiger partial charge in [0.25, 0.3) is 0 Å². The molecule has 0 bridgehead atoms. The summed E-state index contributed by atoms with van der Waals surface area (Å²) in [4.78, 5) is 15.6. The van der Waals surface area contributed by atoms with Gasteiger partial charge in [-0.3, -0.25) is 4.98 Å². The number of ether oxygens (including phenoxy) is 1. The quantitative estimate of drug-likeness (QED) is 0.532. The van der Waals surface area contributed by atoms with Gasteiger partial charge in [0, 0.05) is 17.7 Å². The van der Waals surface area contributed by atoms with Gasteiger partial charge >= 0.3 is 5.97 Å². The molecule has 0 amide bonds. The van der Waals surface area contributed by atoms with E-state index in [-0.39, 0.29) is 5.97 Å². The predicted octanol–water partition coefficient (Wildman–Crippen LogP) is 4.40. The molecule has 0 unspecified atom stereocenters. The Morgan fingerprint density at radius 1 is 1.13 bits per heavy atom. The van der Waals surface area contributed by atoms with Gasteiger partial charge in [0.05, 0.1) is 12.6 Å². The summed E-state index contributed by atoms with van der Waals surface area (Å²) in [5.74, 6) is -0.376. The van der Waals surface area contributed by atoms with Crippen molar-refractivity contribution in [2.45, 2.75) is 6.92 Å². The van der Waals surface area contributed by atoms with Crippen LogP contribution in [-0.2, 0) is 9.53 Å². The molecule has 0 radical (unpaired) electrons. The van der Waals surface area contributed by atoms with Gasteiger partial charge in [-0.15, -0.1) is 0 Å². The van der Waals surface area contributed by atoms with Crippen LogP contribution in [0.3, 0.4) is 0 Å². The first-order valence-corrected chi connectivity index (χ1v) is 7.39. The van der Waals surface area contributed by atoms with Gasteiger partial charge in [-0.1, -0.05) is 30.3 Å². The Morgan fingerprint density at radius 3 is 2.74 bits per heavy atom. The molecule has 0 N–H and O–H groups in total. The van der Waals surface area contributed by atoms with Crippen LogP contribution in [0.15, 0.2) is 60.8 Å². The van der Waals surface area contributed by atoms with E-state index in [0.29, 0.717) is 0 Å². The smallest absolute Gasteiger partial charge is 0.330 e. The summed E-state index contributed by atoms with van der Waals surface area (Å²) in [7, 11) is 1.36. The van der Waals surface area contributed by atoms with Crippen LogP contribution in [0.25, 0.3) is 28.1 Å². The lowest BCUT2D eigenvalue weighted by atomic mass is 9.99. The number of methoxy groups -OCH3 is 1. The average molecular weight is 303 g/mol. The van der Waals surface area contributed by atoms with E-state index >= 15 is 0 Å². The minimum absolute atomic E-state index is 0.376. The Balaban J connectivity index is 2.03. The molecule has 0 saturated carbocycles. The molecule has 0 aliphatic heterocycles. The number of aromatic nitrogens is 1. The minimum Gasteiger partial charge on any atom is -0.466 e. The Kier molecular flexibility index (Phi) is 4.20. The normalized spacial score (nSPS) is 11.0. The summed E-state index contributed by atoms with van der Waals surface area (Å²) in [6, 6.07) is 16.5. The van der Waals surface area contributed by atoms with Crippen LogP contribution in [0, 0.1) is 6.92 Å². The average Bonchev–Trinajstić information content (AvgIpc) is 2.59. The molecule has 3 rings (SSSR count). The molecule has 3 nitrogen and oxygen atoms in total. The fourth-order valence-corrected chi connectivity index (χ4v) is 2.54. The molecule has 1 aromatic heterocycles. The van der Waals surface area contributed by atoms with Crippen molar-refractivity contribution in [3.05, 3.63) is 71.9 Å². The van der Waals surface area contributed by atoms with Crippen LogP contribution in [0.2, 0.25) is 0 Å². The molecule has 0 aliphatic carbocycles. The van der Waals surface area contributed by atoms with Gasteiger partial charge in [-0.2, -0.15) is 0 Å². The second kappa shape index (κ2) is 6.44. The Morgan fingerprint density at radius 2 is 1.96 bits per heavy atom. The number of esters is 1. The molecule has 23 heavy (non-hydrogen) atoms. The molecule has 0 aliphatic rings. The van der Waals surface area contributed by atoms with Crippen molar-refractivity contribution in [3.8, 4) is 11.1 Å². The summed E-state index contributed by atoms with van der Waals surface area (Å²) in [6.07, 6.45) is 4.85. The number of hydrogen-bond donors (Lipinski definition) is 0. The fourth-order valence-electron chi connectivity index (χ4n) is 2.54. The van der Waals surface area contributed by atoms with E-state index in [1.165, 1.54) is 24.3 Å². The zero-order valence-electron chi connectivity index (χ0n) is 13.1. The molecule has 0 spiro atoms. The number of carbonyl (C=O) groups excluding carboxylic acids is 1. The maximum absolute atomic E-state index is 11.2. The number of hydrogen-bond acceptors (Lipinski definition) is 3. The third-order valence-corrected chi connectivity index (χ3v) is 3.77. The molecule has 0 fully saturated rings. The summed E-state index contributed by atoms with van der Waals surface area (Å²) < 4.78 is 4.60. The first kappa shape index (κ1) is 15.0. The highest BCUT2D eigenvalue weighted by Crippen LogP contribution is 2.26. The molecular weight excluding hydrogens is 286 g/mol. The minimum atomic E-state index is -0.376. The maximum atomic E-state index is 11.2. The van der Waals surface area contributed by atoms with Crippen LogP contribution in [0.4, 0.5) is 0 Å². The van der Waals surface area contributed by atoms with E-state index in [0.717, 1.165) is 22.0 Å². The van der Waals surface area contributed by atoms with Gasteiger partial charge in [0.15, 0.2) is 0 Å². The second-order valence-corrected chi connectivity index (χ2v) is 5.35. The third-order valence-electron chi connectivity index (χ3n) is 3.77. The highest BCUT2D eigenvalue weighted by Gasteiger charge is 2.03. The lowest BCUT2D eigenvalue weighted by molar-refractivity contribution is -0.134. The summed E-state index contributed by atoms with van der Waals surface area (Å²) in [5, 5.41) is 1.04. The topological polar surface area (TPSA) is 39.2 Å². The zero-order valence-corrected chi connectivity index (χ0v) is 13.1. The highest BCUT2D eigenvalue weighted by atomic mass is 16.5. The van der Waals surface area contributed by atoms with Crippen molar-refractivity contribution in [3.63, 3.8) is 0 Å². The van der Waals surface area contributed by atoms with Crippen LogP contribution < -0.4 is 0 Å². The van der Waals surface area contributed by atoms with Gasteiger partial charge in [0.1, 0.15) is 0 Å². The van der Waals surface area contributed by atoms with E-state index in [1.807, 2.05) is 24.3 Å². The monoisotopic (exact) mass is 303 g/mol.